The zero-order valence-electron chi connectivity index (χ0n) is 37.6. The summed E-state index contributed by atoms with van der Waals surface area (Å²) in [7, 11) is 0. The van der Waals surface area contributed by atoms with E-state index in [0.29, 0.717) is 25.7 Å². The van der Waals surface area contributed by atoms with Crippen molar-refractivity contribution < 1.29 is 28.6 Å². The molecule has 332 valence electrons. The second kappa shape index (κ2) is 47.0. The maximum absolute atomic E-state index is 12.7. The largest absolute Gasteiger partial charge is 0.462 e. The van der Waals surface area contributed by atoms with Crippen LogP contribution in [-0.2, 0) is 28.6 Å². The van der Waals surface area contributed by atoms with Crippen LogP contribution in [0, 0.1) is 0 Å². The summed E-state index contributed by atoms with van der Waals surface area (Å²) in [4.78, 5) is 37.7. The smallest absolute Gasteiger partial charge is 0.306 e. The SMILES string of the molecule is CC\C=C/C=C\C=C/C=C\C=C/CCCC(=O)OC(COC(=O)CC/C=C\C/C=C\C/C=C\C/C=C\C/C=C\C/C=C\CC)COC(=O)CCCCCC/C=C\CCCC. The van der Waals surface area contributed by atoms with Gasteiger partial charge in [0.25, 0.3) is 0 Å². The molecule has 0 aromatic carbocycles. The van der Waals surface area contributed by atoms with Crippen LogP contribution in [0.5, 0.6) is 0 Å². The van der Waals surface area contributed by atoms with Gasteiger partial charge in [-0.15, -0.1) is 0 Å². The fraction of sp³-hybridized carbons (Fsp3) is 0.500. The Morgan fingerprint density at radius 3 is 1.33 bits per heavy atom. The second-order valence-electron chi connectivity index (χ2n) is 14.3. The zero-order chi connectivity index (χ0) is 43.7. The predicted octanol–water partition coefficient (Wildman–Crippen LogP) is 14.9. The van der Waals surface area contributed by atoms with E-state index < -0.39 is 12.1 Å². The molecule has 0 fully saturated rings. The summed E-state index contributed by atoms with van der Waals surface area (Å²) in [6, 6.07) is 0. The van der Waals surface area contributed by atoms with E-state index in [-0.39, 0.29) is 38.0 Å². The van der Waals surface area contributed by atoms with Crippen LogP contribution in [0.25, 0.3) is 0 Å². The fourth-order valence-electron chi connectivity index (χ4n) is 5.30. The van der Waals surface area contributed by atoms with Crippen molar-refractivity contribution in [2.24, 2.45) is 0 Å². The Bertz CT molecular complexity index is 1410. The van der Waals surface area contributed by atoms with Gasteiger partial charge in [-0.3, -0.25) is 14.4 Å². The summed E-state index contributed by atoms with van der Waals surface area (Å²) in [6.45, 7) is 6.15. The Balaban J connectivity index is 4.63. The Kier molecular flexibility index (Phi) is 43.3. The van der Waals surface area contributed by atoms with Crippen molar-refractivity contribution in [3.8, 4) is 0 Å². The highest BCUT2D eigenvalue weighted by Crippen LogP contribution is 2.10. The first-order chi connectivity index (χ1) is 29.5. The van der Waals surface area contributed by atoms with Gasteiger partial charge in [-0.25, -0.2) is 0 Å². The average Bonchev–Trinajstić information content (AvgIpc) is 3.24. The van der Waals surface area contributed by atoms with Crippen molar-refractivity contribution >= 4 is 17.9 Å². The standard InChI is InChI=1S/C54H80O6/c1-4-7-10-13-16-19-22-24-25-26-27-28-29-31-32-35-38-41-44-47-53(56)59-50-51(49-58-52(55)46-43-40-37-34-21-18-15-12-9-6-3)60-54(57)48-45-42-39-36-33-30-23-20-17-14-11-8-5-2/h7-8,10-11,14-20,23-25,27-28,30-33,36,38-39,41,51H,4-6,9,12-13,21-22,26,29,34-35,37,40,42-50H2,1-3H3/b10-7-,11-8-,17-14-,18-15-,19-16-,23-20-,25-24-,28-27-,32-31-,33-30-,39-36-,41-38-. The third-order valence-electron chi connectivity index (χ3n) is 8.70. The van der Waals surface area contributed by atoms with Crippen LogP contribution in [0.15, 0.2) is 146 Å². The minimum atomic E-state index is -0.854. The van der Waals surface area contributed by atoms with Crippen LogP contribution >= 0.6 is 0 Å². The normalized spacial score (nSPS) is 13.4. The van der Waals surface area contributed by atoms with E-state index in [4.69, 9.17) is 14.2 Å². The van der Waals surface area contributed by atoms with Gasteiger partial charge >= 0.3 is 17.9 Å². The van der Waals surface area contributed by atoms with E-state index in [9.17, 15) is 14.4 Å². The molecule has 0 bridgehead atoms. The molecule has 0 aromatic heterocycles. The first kappa shape index (κ1) is 55.3. The first-order valence-corrected chi connectivity index (χ1v) is 22.9. The topological polar surface area (TPSA) is 78.9 Å². The van der Waals surface area contributed by atoms with Gasteiger partial charge in [0.1, 0.15) is 13.2 Å². The number of hydrogen-bond acceptors (Lipinski definition) is 6. The molecular formula is C54H80O6. The number of unbranched alkanes of at least 4 members (excludes halogenated alkanes) is 7. The molecule has 1 atom stereocenters. The quantitative estimate of drug-likeness (QED) is 0.0203. The highest BCUT2D eigenvalue weighted by Gasteiger charge is 2.19. The lowest BCUT2D eigenvalue weighted by Gasteiger charge is -2.18. The molecule has 0 aromatic rings. The van der Waals surface area contributed by atoms with Crippen molar-refractivity contribution in [3.05, 3.63) is 146 Å². The van der Waals surface area contributed by atoms with Crippen molar-refractivity contribution in [2.45, 2.75) is 162 Å². The average molecular weight is 825 g/mol. The van der Waals surface area contributed by atoms with Gasteiger partial charge in [-0.2, -0.15) is 0 Å². The Labute approximate surface area is 366 Å². The third-order valence-corrected chi connectivity index (χ3v) is 8.70. The molecule has 0 saturated heterocycles. The summed E-state index contributed by atoms with van der Waals surface area (Å²) < 4.78 is 16.5. The third kappa shape index (κ3) is 44.4. The molecule has 0 radical (unpaired) electrons. The lowest BCUT2D eigenvalue weighted by Crippen LogP contribution is -2.30. The Morgan fingerprint density at radius 1 is 0.367 bits per heavy atom. The number of hydrogen-bond donors (Lipinski definition) is 0. The number of carbonyl (C=O) groups is 3. The molecule has 6 heteroatoms. The van der Waals surface area contributed by atoms with Crippen LogP contribution in [0.3, 0.4) is 0 Å². The van der Waals surface area contributed by atoms with Crippen LogP contribution in [-0.4, -0.2) is 37.2 Å². The monoisotopic (exact) mass is 825 g/mol. The molecule has 0 N–H and O–H groups in total. The summed E-state index contributed by atoms with van der Waals surface area (Å²) in [5, 5.41) is 0. The van der Waals surface area contributed by atoms with Crippen molar-refractivity contribution in [1.29, 1.82) is 0 Å². The van der Waals surface area contributed by atoms with E-state index in [1.165, 1.54) is 12.8 Å². The first-order valence-electron chi connectivity index (χ1n) is 22.9. The molecule has 0 amide bonds. The molecular weight excluding hydrogens is 745 g/mol. The van der Waals surface area contributed by atoms with Gasteiger partial charge in [-0.1, -0.05) is 192 Å². The lowest BCUT2D eigenvalue weighted by atomic mass is 10.1. The molecule has 0 aliphatic carbocycles. The van der Waals surface area contributed by atoms with Gasteiger partial charge < -0.3 is 14.2 Å². The van der Waals surface area contributed by atoms with Gasteiger partial charge in [-0.05, 0) is 89.9 Å². The van der Waals surface area contributed by atoms with Crippen LogP contribution in [0.2, 0.25) is 0 Å². The maximum Gasteiger partial charge on any atom is 0.306 e. The predicted molar refractivity (Wildman–Crippen MR) is 255 cm³/mol. The Hall–Kier alpha value is -4.71. The molecule has 0 rings (SSSR count). The lowest BCUT2D eigenvalue weighted by molar-refractivity contribution is -0.166. The maximum atomic E-state index is 12.7. The van der Waals surface area contributed by atoms with Gasteiger partial charge in [0.2, 0.25) is 0 Å². The summed E-state index contributed by atoms with van der Waals surface area (Å²) in [5.41, 5.74) is 0. The van der Waals surface area contributed by atoms with Gasteiger partial charge in [0.15, 0.2) is 6.10 Å². The van der Waals surface area contributed by atoms with E-state index >= 15 is 0 Å². The van der Waals surface area contributed by atoms with Crippen molar-refractivity contribution in [2.75, 3.05) is 13.2 Å². The molecule has 0 aliphatic rings. The molecule has 60 heavy (non-hydrogen) atoms. The highest BCUT2D eigenvalue weighted by molar-refractivity contribution is 5.71. The van der Waals surface area contributed by atoms with E-state index in [1.54, 1.807) is 0 Å². The number of ether oxygens (including phenoxy) is 3. The number of esters is 3. The fourth-order valence-corrected chi connectivity index (χ4v) is 5.30. The van der Waals surface area contributed by atoms with Gasteiger partial charge in [0, 0.05) is 19.3 Å². The zero-order valence-corrected chi connectivity index (χ0v) is 37.6. The minimum Gasteiger partial charge on any atom is -0.462 e. The van der Waals surface area contributed by atoms with Gasteiger partial charge in [0.05, 0.1) is 0 Å². The van der Waals surface area contributed by atoms with E-state index in [2.05, 4.69) is 99.8 Å². The summed E-state index contributed by atoms with van der Waals surface area (Å²) in [6.07, 6.45) is 67.1. The highest BCUT2D eigenvalue weighted by atomic mass is 16.6. The summed E-state index contributed by atoms with van der Waals surface area (Å²) in [5.74, 6) is -1.14. The summed E-state index contributed by atoms with van der Waals surface area (Å²) >= 11 is 0. The molecule has 0 heterocycles. The van der Waals surface area contributed by atoms with Crippen molar-refractivity contribution in [3.63, 3.8) is 0 Å². The second-order valence-corrected chi connectivity index (χ2v) is 14.3. The molecule has 1 unspecified atom stereocenters. The molecule has 0 aliphatic heterocycles. The minimum absolute atomic E-state index is 0.143. The van der Waals surface area contributed by atoms with E-state index in [1.807, 2.05) is 66.8 Å². The van der Waals surface area contributed by atoms with E-state index in [0.717, 1.165) is 83.5 Å². The molecule has 6 nitrogen and oxygen atoms in total. The number of allylic oxidation sites excluding steroid dienone is 24. The van der Waals surface area contributed by atoms with Crippen LogP contribution < -0.4 is 0 Å². The van der Waals surface area contributed by atoms with Crippen LogP contribution in [0.1, 0.15) is 156 Å². The van der Waals surface area contributed by atoms with Crippen molar-refractivity contribution in [1.82, 2.24) is 0 Å². The number of carbonyl (C=O) groups excluding carboxylic acids is 3. The molecule has 0 spiro atoms. The van der Waals surface area contributed by atoms with Crippen LogP contribution in [0.4, 0.5) is 0 Å². The number of rotatable bonds is 38. The molecule has 0 saturated carbocycles. The Morgan fingerprint density at radius 2 is 0.783 bits per heavy atom.